The van der Waals surface area contributed by atoms with E-state index >= 15 is 0 Å². The maximum Gasteiger partial charge on any atom is 0.146 e. The highest BCUT2D eigenvalue weighted by Gasteiger charge is 2.43. The molecule has 2 nitrogen and oxygen atoms in total. The molecule has 1 rings (SSSR count). The van der Waals surface area contributed by atoms with Crippen molar-refractivity contribution in [3.05, 3.63) is 0 Å². The molecule has 0 aliphatic carbocycles. The Hall–Kier alpha value is -0.370. The summed E-state index contributed by atoms with van der Waals surface area (Å²) in [7, 11) is 0. The molecule has 1 saturated heterocycles. The fourth-order valence-corrected chi connectivity index (χ4v) is 1.57. The van der Waals surface area contributed by atoms with Crippen molar-refractivity contribution >= 4 is 5.78 Å². The zero-order valence-electron chi connectivity index (χ0n) is 7.82. The number of carbonyl (C=O) groups excluding carboxylic acids is 1. The van der Waals surface area contributed by atoms with Gasteiger partial charge in [-0.1, -0.05) is 27.7 Å². The summed E-state index contributed by atoms with van der Waals surface area (Å²) in [5.41, 5.74) is -0.269. The Labute approximate surface area is 68.4 Å². The van der Waals surface area contributed by atoms with Gasteiger partial charge in [-0.25, -0.2) is 0 Å². The molecule has 0 aromatic heterocycles. The molecule has 0 bridgehead atoms. The predicted molar refractivity (Wildman–Crippen MR) is 45.4 cm³/mol. The summed E-state index contributed by atoms with van der Waals surface area (Å²) in [6, 6.07) is 0. The molecule has 1 heterocycles. The highest BCUT2D eigenvalue weighted by Crippen LogP contribution is 2.32. The van der Waals surface area contributed by atoms with Crippen LogP contribution in [-0.2, 0) is 4.79 Å². The molecule has 1 fully saturated rings. The van der Waals surface area contributed by atoms with E-state index in [4.69, 9.17) is 0 Å². The van der Waals surface area contributed by atoms with E-state index in [0.717, 1.165) is 13.1 Å². The van der Waals surface area contributed by atoms with Gasteiger partial charge >= 0.3 is 0 Å². The monoisotopic (exact) mass is 155 g/mol. The van der Waals surface area contributed by atoms with E-state index in [1.807, 2.05) is 27.7 Å². The van der Waals surface area contributed by atoms with Crippen LogP contribution in [0.15, 0.2) is 0 Å². The summed E-state index contributed by atoms with van der Waals surface area (Å²) in [6.07, 6.45) is 0. The van der Waals surface area contributed by atoms with Crippen LogP contribution in [-0.4, -0.2) is 18.9 Å². The number of hydrogen-bond donors (Lipinski definition) is 1. The largest absolute Gasteiger partial charge is 0.315 e. The van der Waals surface area contributed by atoms with E-state index in [1.54, 1.807) is 0 Å². The second kappa shape index (κ2) is 2.31. The SMILES string of the molecule is CC(C)(C)C(=O)C1(C)CNC1. The maximum atomic E-state index is 11.7. The Bertz CT molecular complexity index is 174. The molecular formula is C9H17NO. The van der Waals surface area contributed by atoms with Gasteiger partial charge in [-0.15, -0.1) is 0 Å². The molecule has 64 valence electrons. The van der Waals surface area contributed by atoms with Gasteiger partial charge < -0.3 is 5.32 Å². The minimum Gasteiger partial charge on any atom is -0.315 e. The van der Waals surface area contributed by atoms with Crippen molar-refractivity contribution in [2.75, 3.05) is 13.1 Å². The Balaban J connectivity index is 2.68. The van der Waals surface area contributed by atoms with Crippen LogP contribution in [0.2, 0.25) is 0 Å². The molecular weight excluding hydrogens is 138 g/mol. The van der Waals surface area contributed by atoms with Crippen LogP contribution in [0.3, 0.4) is 0 Å². The van der Waals surface area contributed by atoms with Gasteiger partial charge in [0, 0.05) is 18.5 Å². The predicted octanol–water partition coefficient (Wildman–Crippen LogP) is 1.21. The first-order chi connectivity index (χ1) is 4.86. The molecule has 2 heteroatoms. The molecule has 0 spiro atoms. The third-order valence-corrected chi connectivity index (χ3v) is 2.26. The van der Waals surface area contributed by atoms with Gasteiger partial charge in [0.25, 0.3) is 0 Å². The summed E-state index contributed by atoms with van der Waals surface area (Å²) < 4.78 is 0. The van der Waals surface area contributed by atoms with Gasteiger partial charge in [0.15, 0.2) is 0 Å². The van der Waals surface area contributed by atoms with Crippen LogP contribution in [0.4, 0.5) is 0 Å². The lowest BCUT2D eigenvalue weighted by molar-refractivity contribution is -0.138. The zero-order chi connectivity index (χ0) is 8.70. The average molecular weight is 155 g/mol. The van der Waals surface area contributed by atoms with Crippen LogP contribution in [0.1, 0.15) is 27.7 Å². The van der Waals surface area contributed by atoms with Crippen molar-refractivity contribution in [2.45, 2.75) is 27.7 Å². The molecule has 0 aromatic rings. The highest BCUT2D eigenvalue weighted by atomic mass is 16.1. The van der Waals surface area contributed by atoms with Crippen molar-refractivity contribution in [1.82, 2.24) is 5.32 Å². The quantitative estimate of drug-likeness (QED) is 0.616. The number of carbonyl (C=O) groups is 1. The second-order valence-corrected chi connectivity index (χ2v) is 4.74. The zero-order valence-corrected chi connectivity index (χ0v) is 7.82. The molecule has 0 radical (unpaired) electrons. The Morgan fingerprint density at radius 1 is 1.36 bits per heavy atom. The normalized spacial score (nSPS) is 22.5. The van der Waals surface area contributed by atoms with Crippen molar-refractivity contribution in [1.29, 1.82) is 0 Å². The lowest BCUT2D eigenvalue weighted by atomic mass is 9.70. The first kappa shape index (κ1) is 8.72. The van der Waals surface area contributed by atoms with Crippen LogP contribution >= 0.6 is 0 Å². The number of nitrogens with one attached hydrogen (secondary N) is 1. The van der Waals surface area contributed by atoms with Gasteiger partial charge in [-0.3, -0.25) is 4.79 Å². The standard InChI is InChI=1S/C9H17NO/c1-8(2,3)7(11)9(4)5-10-6-9/h10H,5-6H2,1-4H3. The summed E-state index contributed by atoms with van der Waals surface area (Å²) in [4.78, 5) is 11.7. The number of rotatable bonds is 1. The average Bonchev–Trinajstić information content (AvgIpc) is 1.79. The first-order valence-corrected chi connectivity index (χ1v) is 4.12. The van der Waals surface area contributed by atoms with Crippen molar-refractivity contribution < 1.29 is 4.79 Å². The molecule has 0 unspecified atom stereocenters. The Kier molecular flexibility index (Phi) is 1.83. The Morgan fingerprint density at radius 2 is 1.82 bits per heavy atom. The van der Waals surface area contributed by atoms with Crippen LogP contribution in [0, 0.1) is 10.8 Å². The van der Waals surface area contributed by atoms with Crippen LogP contribution in [0.25, 0.3) is 0 Å². The molecule has 0 saturated carbocycles. The number of hydrogen-bond acceptors (Lipinski definition) is 2. The summed E-state index contributed by atoms with van der Waals surface area (Å²) >= 11 is 0. The smallest absolute Gasteiger partial charge is 0.146 e. The van der Waals surface area contributed by atoms with E-state index < -0.39 is 0 Å². The van der Waals surface area contributed by atoms with Gasteiger partial charge in [0.1, 0.15) is 5.78 Å². The second-order valence-electron chi connectivity index (χ2n) is 4.74. The number of Topliss-reactive ketones (excluding diaryl/α,β-unsaturated/α-hetero) is 1. The summed E-state index contributed by atoms with van der Waals surface area (Å²) in [5.74, 6) is 0.378. The van der Waals surface area contributed by atoms with E-state index in [0.29, 0.717) is 5.78 Å². The molecule has 0 atom stereocenters. The fourth-order valence-electron chi connectivity index (χ4n) is 1.57. The van der Waals surface area contributed by atoms with Gasteiger partial charge in [-0.05, 0) is 0 Å². The van der Waals surface area contributed by atoms with Crippen molar-refractivity contribution in [3.63, 3.8) is 0 Å². The van der Waals surface area contributed by atoms with Crippen LogP contribution in [0.5, 0.6) is 0 Å². The molecule has 0 amide bonds. The molecule has 0 aromatic carbocycles. The first-order valence-electron chi connectivity index (χ1n) is 4.12. The van der Waals surface area contributed by atoms with Crippen molar-refractivity contribution in [3.8, 4) is 0 Å². The van der Waals surface area contributed by atoms with Crippen molar-refractivity contribution in [2.24, 2.45) is 10.8 Å². The lowest BCUT2D eigenvalue weighted by Gasteiger charge is -2.41. The molecule has 1 aliphatic heterocycles. The van der Waals surface area contributed by atoms with Crippen LogP contribution < -0.4 is 5.32 Å². The number of ketones is 1. The highest BCUT2D eigenvalue weighted by molar-refractivity contribution is 5.90. The minimum absolute atomic E-state index is 0.0851. The van der Waals surface area contributed by atoms with Gasteiger partial charge in [-0.2, -0.15) is 0 Å². The van der Waals surface area contributed by atoms with E-state index in [-0.39, 0.29) is 10.8 Å². The lowest BCUT2D eigenvalue weighted by Crippen LogP contribution is -2.58. The summed E-state index contributed by atoms with van der Waals surface area (Å²) in [6.45, 7) is 9.69. The van der Waals surface area contributed by atoms with E-state index in [2.05, 4.69) is 5.32 Å². The topological polar surface area (TPSA) is 29.1 Å². The Morgan fingerprint density at radius 3 is 1.91 bits per heavy atom. The van der Waals surface area contributed by atoms with Gasteiger partial charge in [0.05, 0.1) is 5.41 Å². The summed E-state index contributed by atoms with van der Waals surface area (Å²) in [5, 5.41) is 3.13. The van der Waals surface area contributed by atoms with Gasteiger partial charge in [0.2, 0.25) is 0 Å². The minimum atomic E-state index is -0.184. The maximum absolute atomic E-state index is 11.7. The third kappa shape index (κ3) is 1.45. The molecule has 11 heavy (non-hydrogen) atoms. The fraction of sp³-hybridized carbons (Fsp3) is 0.889. The molecule has 1 N–H and O–H groups in total. The third-order valence-electron chi connectivity index (χ3n) is 2.26. The van der Waals surface area contributed by atoms with E-state index in [1.165, 1.54) is 0 Å². The van der Waals surface area contributed by atoms with E-state index in [9.17, 15) is 4.79 Å². The molecule has 1 aliphatic rings.